The van der Waals surface area contributed by atoms with Gasteiger partial charge in [-0.2, -0.15) is 5.10 Å². The molecule has 0 bridgehead atoms. The average molecular weight is 468 g/mol. The Labute approximate surface area is 194 Å². The molecule has 4 aromatic rings. The maximum atomic E-state index is 13.5. The van der Waals surface area contributed by atoms with Crippen molar-refractivity contribution in [2.75, 3.05) is 6.54 Å². The molecule has 9 heteroatoms. The fourth-order valence-corrected chi connectivity index (χ4v) is 4.62. The van der Waals surface area contributed by atoms with E-state index in [1.165, 1.54) is 27.9 Å². The Hall–Kier alpha value is -3.33. The monoisotopic (exact) mass is 467 g/mol. The van der Waals surface area contributed by atoms with Gasteiger partial charge in [-0.3, -0.25) is 14.0 Å². The van der Waals surface area contributed by atoms with Crippen molar-refractivity contribution in [1.29, 1.82) is 0 Å². The number of amides is 1. The molecule has 1 amide bonds. The van der Waals surface area contributed by atoms with Gasteiger partial charge in [0.2, 0.25) is 5.91 Å². The van der Waals surface area contributed by atoms with E-state index in [9.17, 15) is 14.0 Å². The van der Waals surface area contributed by atoms with Crippen LogP contribution in [0.4, 0.5) is 4.39 Å². The number of halogens is 1. The zero-order valence-electron chi connectivity index (χ0n) is 19.1. The summed E-state index contributed by atoms with van der Waals surface area (Å²) in [4.78, 5) is 31.1. The van der Waals surface area contributed by atoms with Crippen LogP contribution in [-0.2, 0) is 11.2 Å². The van der Waals surface area contributed by atoms with Crippen LogP contribution in [0, 0.1) is 25.6 Å². The molecule has 0 aliphatic carbocycles. The van der Waals surface area contributed by atoms with Gasteiger partial charge in [0.1, 0.15) is 11.5 Å². The van der Waals surface area contributed by atoms with Crippen molar-refractivity contribution in [3.8, 4) is 16.9 Å². The zero-order chi connectivity index (χ0) is 23.7. The summed E-state index contributed by atoms with van der Waals surface area (Å²) in [5.74, 6) is 0.0503. The van der Waals surface area contributed by atoms with E-state index in [1.54, 1.807) is 29.1 Å². The third kappa shape index (κ3) is 4.73. The molecule has 0 atom stereocenters. The van der Waals surface area contributed by atoms with Gasteiger partial charge in [-0.25, -0.2) is 14.1 Å². The highest BCUT2D eigenvalue weighted by Gasteiger charge is 2.20. The minimum atomic E-state index is -0.328. The third-order valence-electron chi connectivity index (χ3n) is 5.42. The highest BCUT2D eigenvalue weighted by Crippen LogP contribution is 2.23. The zero-order valence-corrected chi connectivity index (χ0v) is 19.9. The molecule has 0 saturated heterocycles. The summed E-state index contributed by atoms with van der Waals surface area (Å²) in [6, 6.07) is 7.82. The molecule has 33 heavy (non-hydrogen) atoms. The lowest BCUT2D eigenvalue weighted by Gasteiger charge is -2.08. The Morgan fingerprint density at radius 1 is 1.21 bits per heavy atom. The number of carbonyl (C=O) groups excluding carboxylic acids is 1. The van der Waals surface area contributed by atoms with Crippen molar-refractivity contribution in [2.24, 2.45) is 5.92 Å². The summed E-state index contributed by atoms with van der Waals surface area (Å²) >= 11 is 1.33. The van der Waals surface area contributed by atoms with Crippen LogP contribution in [0.25, 0.3) is 21.9 Å². The van der Waals surface area contributed by atoms with Crippen LogP contribution in [0.2, 0.25) is 0 Å². The van der Waals surface area contributed by atoms with Crippen LogP contribution in [0.15, 0.2) is 40.5 Å². The standard InChI is InChI=1S/C24H26FN5O2S/c1-14(2)9-10-26-21(31)12-19-13-33-24-27-16(4)22(23(32)29(19)24)20-11-15(3)30(28-20)18-7-5-17(25)6-8-18/h5-8,11,13-14H,9-10,12H2,1-4H3,(H,26,31). The third-order valence-corrected chi connectivity index (χ3v) is 6.30. The molecule has 7 nitrogen and oxygen atoms in total. The van der Waals surface area contributed by atoms with E-state index < -0.39 is 0 Å². The number of hydrogen-bond acceptors (Lipinski definition) is 5. The summed E-state index contributed by atoms with van der Waals surface area (Å²) in [5, 5.41) is 9.32. The van der Waals surface area contributed by atoms with Gasteiger partial charge in [-0.15, -0.1) is 11.3 Å². The molecule has 0 spiro atoms. The molecule has 0 radical (unpaired) electrons. The first-order valence-electron chi connectivity index (χ1n) is 10.8. The minimum Gasteiger partial charge on any atom is -0.356 e. The summed E-state index contributed by atoms with van der Waals surface area (Å²) in [6.07, 6.45) is 1.00. The number of aromatic nitrogens is 4. The first-order valence-corrected chi connectivity index (χ1v) is 11.7. The molecule has 4 rings (SSSR count). The van der Waals surface area contributed by atoms with Gasteiger partial charge in [0.05, 0.1) is 23.4 Å². The van der Waals surface area contributed by atoms with Gasteiger partial charge in [-0.1, -0.05) is 13.8 Å². The van der Waals surface area contributed by atoms with Crippen LogP contribution >= 0.6 is 11.3 Å². The molecule has 1 aromatic carbocycles. The minimum absolute atomic E-state index is 0.102. The SMILES string of the molecule is Cc1nc2scc(CC(=O)NCCC(C)C)n2c(=O)c1-c1cc(C)n(-c2ccc(F)cc2)n1. The first-order chi connectivity index (χ1) is 15.7. The highest BCUT2D eigenvalue weighted by atomic mass is 32.1. The molecule has 1 N–H and O–H groups in total. The summed E-state index contributed by atoms with van der Waals surface area (Å²) in [7, 11) is 0. The molecule has 0 aliphatic rings. The second kappa shape index (κ2) is 9.27. The summed E-state index contributed by atoms with van der Waals surface area (Å²) in [6.45, 7) is 8.47. The van der Waals surface area contributed by atoms with Gasteiger partial charge < -0.3 is 5.32 Å². The molecule has 3 aromatic heterocycles. The topological polar surface area (TPSA) is 81.3 Å². The van der Waals surface area contributed by atoms with Crippen LogP contribution in [0.1, 0.15) is 37.4 Å². The van der Waals surface area contributed by atoms with Gasteiger partial charge in [0, 0.05) is 23.3 Å². The average Bonchev–Trinajstić information content (AvgIpc) is 3.32. The van der Waals surface area contributed by atoms with Crippen LogP contribution in [0.3, 0.4) is 0 Å². The van der Waals surface area contributed by atoms with E-state index in [2.05, 4.69) is 29.2 Å². The fourth-order valence-electron chi connectivity index (χ4n) is 3.69. The van der Waals surface area contributed by atoms with Crippen molar-refractivity contribution >= 4 is 22.2 Å². The normalized spacial score (nSPS) is 11.5. The molecule has 0 saturated carbocycles. The molecular formula is C24H26FN5O2S. The lowest BCUT2D eigenvalue weighted by molar-refractivity contribution is -0.120. The van der Waals surface area contributed by atoms with E-state index in [0.29, 0.717) is 45.8 Å². The molecule has 0 fully saturated rings. The number of benzene rings is 1. The summed E-state index contributed by atoms with van der Waals surface area (Å²) in [5.41, 5.74) is 3.28. The first kappa shape index (κ1) is 22.8. The number of hydrogen-bond donors (Lipinski definition) is 1. The Balaban J connectivity index is 1.70. The van der Waals surface area contributed by atoms with Gasteiger partial charge in [0.25, 0.3) is 5.56 Å². The Bertz CT molecular complexity index is 1370. The van der Waals surface area contributed by atoms with E-state index in [0.717, 1.165) is 12.1 Å². The molecular weight excluding hydrogens is 441 g/mol. The van der Waals surface area contributed by atoms with Crippen LogP contribution in [-0.4, -0.2) is 31.6 Å². The van der Waals surface area contributed by atoms with Crippen LogP contribution in [0.5, 0.6) is 0 Å². The number of aryl methyl sites for hydroxylation is 2. The second-order valence-electron chi connectivity index (χ2n) is 8.49. The van der Waals surface area contributed by atoms with Crippen molar-refractivity contribution in [2.45, 2.75) is 40.5 Å². The fraction of sp³-hybridized carbons (Fsp3) is 0.333. The van der Waals surface area contributed by atoms with E-state index in [-0.39, 0.29) is 23.7 Å². The lowest BCUT2D eigenvalue weighted by Crippen LogP contribution is -2.28. The predicted molar refractivity (Wildman–Crippen MR) is 127 cm³/mol. The number of thiazole rings is 1. The number of nitrogens with one attached hydrogen (secondary N) is 1. The van der Waals surface area contributed by atoms with Gasteiger partial charge in [0.15, 0.2) is 4.96 Å². The van der Waals surface area contributed by atoms with E-state index in [4.69, 9.17) is 0 Å². The molecule has 172 valence electrons. The second-order valence-corrected chi connectivity index (χ2v) is 9.33. The Morgan fingerprint density at radius 2 is 1.94 bits per heavy atom. The summed E-state index contributed by atoms with van der Waals surface area (Å²) < 4.78 is 16.5. The smallest absolute Gasteiger partial charge is 0.268 e. The Kier molecular flexibility index (Phi) is 6.42. The van der Waals surface area contributed by atoms with E-state index >= 15 is 0 Å². The largest absolute Gasteiger partial charge is 0.356 e. The highest BCUT2D eigenvalue weighted by molar-refractivity contribution is 7.15. The van der Waals surface area contributed by atoms with Gasteiger partial charge >= 0.3 is 0 Å². The lowest BCUT2D eigenvalue weighted by atomic mass is 10.1. The number of rotatable bonds is 7. The maximum Gasteiger partial charge on any atom is 0.268 e. The molecule has 0 aliphatic heterocycles. The number of carbonyl (C=O) groups is 1. The van der Waals surface area contributed by atoms with Crippen molar-refractivity contribution < 1.29 is 9.18 Å². The predicted octanol–water partition coefficient (Wildman–Crippen LogP) is 4.07. The van der Waals surface area contributed by atoms with Crippen molar-refractivity contribution in [1.82, 2.24) is 24.5 Å². The number of fused-ring (bicyclic) bond motifs is 1. The Morgan fingerprint density at radius 3 is 2.64 bits per heavy atom. The van der Waals surface area contributed by atoms with E-state index in [1.807, 2.05) is 13.0 Å². The molecule has 0 unspecified atom stereocenters. The number of nitrogens with zero attached hydrogens (tertiary/aromatic N) is 4. The maximum absolute atomic E-state index is 13.5. The van der Waals surface area contributed by atoms with Crippen LogP contribution < -0.4 is 10.9 Å². The van der Waals surface area contributed by atoms with Crippen molar-refractivity contribution in [3.63, 3.8) is 0 Å². The molecule has 3 heterocycles. The van der Waals surface area contributed by atoms with Crippen molar-refractivity contribution in [3.05, 3.63) is 69.0 Å². The van der Waals surface area contributed by atoms with Gasteiger partial charge in [-0.05, 0) is 56.5 Å². The quantitative estimate of drug-likeness (QED) is 0.444.